The maximum Gasteiger partial charge on any atom is 0.323 e. The van der Waals surface area contributed by atoms with Crippen molar-refractivity contribution in [3.8, 4) is 0 Å². The number of amides is 2. The molecular weight excluding hydrogens is 336 g/mol. The molecule has 2 aromatic heterocycles. The molecule has 2 aliphatic heterocycles. The number of morpholine rings is 1. The summed E-state index contributed by atoms with van der Waals surface area (Å²) in [7, 11) is 0. The van der Waals surface area contributed by atoms with Crippen molar-refractivity contribution in [3.63, 3.8) is 0 Å². The fourth-order valence-corrected chi connectivity index (χ4v) is 3.21. The highest BCUT2D eigenvalue weighted by atomic mass is 16.5. The molecular formula is C17H22N6O3. The Bertz CT molecular complexity index is 773. The van der Waals surface area contributed by atoms with Crippen LogP contribution >= 0.6 is 0 Å². The molecule has 1 N–H and O–H groups in total. The highest BCUT2D eigenvalue weighted by molar-refractivity contribution is 5.88. The predicted molar refractivity (Wildman–Crippen MR) is 94.0 cm³/mol. The van der Waals surface area contributed by atoms with Crippen LogP contribution in [0.2, 0.25) is 0 Å². The quantitative estimate of drug-likeness (QED) is 0.896. The number of hydrogen-bond donors (Lipinski definition) is 1. The molecule has 0 unspecified atom stereocenters. The van der Waals surface area contributed by atoms with Crippen molar-refractivity contribution in [1.82, 2.24) is 20.0 Å². The number of nitrogens with zero attached hydrogens (tertiary/aromatic N) is 5. The number of hydrogen-bond acceptors (Lipinski definition) is 7. The summed E-state index contributed by atoms with van der Waals surface area (Å²) >= 11 is 0. The number of aromatic nitrogens is 3. The van der Waals surface area contributed by atoms with E-state index in [9.17, 15) is 4.79 Å². The molecule has 2 fully saturated rings. The molecule has 9 nitrogen and oxygen atoms in total. The van der Waals surface area contributed by atoms with Crippen molar-refractivity contribution in [3.05, 3.63) is 29.8 Å². The van der Waals surface area contributed by atoms with Crippen LogP contribution in [0.3, 0.4) is 0 Å². The fraction of sp³-hybridized carbons (Fsp3) is 0.529. The van der Waals surface area contributed by atoms with E-state index in [4.69, 9.17) is 9.26 Å². The molecule has 2 saturated heterocycles. The monoisotopic (exact) mass is 358 g/mol. The predicted octanol–water partition coefficient (Wildman–Crippen LogP) is 1.98. The zero-order valence-electron chi connectivity index (χ0n) is 14.7. The van der Waals surface area contributed by atoms with E-state index < -0.39 is 0 Å². The van der Waals surface area contributed by atoms with Crippen LogP contribution in [0.15, 0.2) is 23.0 Å². The van der Waals surface area contributed by atoms with E-state index in [-0.39, 0.29) is 12.1 Å². The number of ether oxygens (including phenoxy) is 1. The van der Waals surface area contributed by atoms with E-state index in [1.54, 1.807) is 11.1 Å². The zero-order valence-corrected chi connectivity index (χ0v) is 14.7. The van der Waals surface area contributed by atoms with Gasteiger partial charge in [-0.2, -0.15) is 0 Å². The molecule has 0 spiro atoms. The topological polar surface area (TPSA) is 96.6 Å². The minimum absolute atomic E-state index is 0.218. The highest BCUT2D eigenvalue weighted by Gasteiger charge is 2.28. The standard InChI is InChI=1S/C17H22N6O3/c1-12-11-26-21-15(12)20-17(24)23-8-9-25-14(10-23)13-4-5-18-16(19-13)22-6-2-3-7-22/h4-5,11,14H,2-3,6-10H2,1H3,(H,20,21,24)/t14-/m1/s1. The first-order chi connectivity index (χ1) is 12.7. The molecule has 2 aromatic rings. The van der Waals surface area contributed by atoms with Gasteiger partial charge in [0.15, 0.2) is 5.82 Å². The van der Waals surface area contributed by atoms with Gasteiger partial charge in [-0.05, 0) is 25.8 Å². The molecule has 2 amide bonds. The second-order valence-electron chi connectivity index (χ2n) is 6.56. The third kappa shape index (κ3) is 3.48. The summed E-state index contributed by atoms with van der Waals surface area (Å²) < 4.78 is 10.7. The van der Waals surface area contributed by atoms with Gasteiger partial charge in [-0.3, -0.25) is 5.32 Å². The van der Waals surface area contributed by atoms with Crippen LogP contribution in [-0.4, -0.2) is 58.8 Å². The van der Waals surface area contributed by atoms with Gasteiger partial charge in [0.25, 0.3) is 0 Å². The largest absolute Gasteiger partial charge is 0.368 e. The molecule has 0 aromatic carbocycles. The van der Waals surface area contributed by atoms with Gasteiger partial charge in [-0.15, -0.1) is 0 Å². The number of carbonyl (C=O) groups is 1. The van der Waals surface area contributed by atoms with Crippen LogP contribution in [0.4, 0.5) is 16.6 Å². The second kappa shape index (κ2) is 7.28. The molecule has 4 rings (SSSR count). The van der Waals surface area contributed by atoms with Crippen molar-refractivity contribution in [2.75, 3.05) is 43.0 Å². The zero-order chi connectivity index (χ0) is 17.9. The number of anilines is 2. The Kier molecular flexibility index (Phi) is 4.70. The molecule has 0 saturated carbocycles. The van der Waals surface area contributed by atoms with Crippen LogP contribution in [0.1, 0.15) is 30.2 Å². The average Bonchev–Trinajstić information content (AvgIpc) is 3.35. The van der Waals surface area contributed by atoms with Crippen molar-refractivity contribution < 1.29 is 14.1 Å². The minimum atomic E-state index is -0.266. The Hall–Kier alpha value is -2.68. The van der Waals surface area contributed by atoms with Gasteiger partial charge in [-0.1, -0.05) is 5.16 Å². The number of aryl methyl sites for hydroxylation is 1. The maximum absolute atomic E-state index is 12.5. The summed E-state index contributed by atoms with van der Waals surface area (Å²) in [6.45, 7) is 5.21. The van der Waals surface area contributed by atoms with Gasteiger partial charge in [0.2, 0.25) is 5.95 Å². The van der Waals surface area contributed by atoms with Gasteiger partial charge in [0.05, 0.1) is 18.8 Å². The van der Waals surface area contributed by atoms with E-state index in [1.807, 2.05) is 13.0 Å². The highest BCUT2D eigenvalue weighted by Crippen LogP contribution is 2.24. The molecule has 9 heteroatoms. The molecule has 0 radical (unpaired) electrons. The Morgan fingerprint density at radius 3 is 2.92 bits per heavy atom. The second-order valence-corrected chi connectivity index (χ2v) is 6.56. The van der Waals surface area contributed by atoms with Crippen LogP contribution in [0, 0.1) is 6.92 Å². The van der Waals surface area contributed by atoms with Crippen molar-refractivity contribution >= 4 is 17.8 Å². The molecule has 0 aliphatic carbocycles. The molecule has 138 valence electrons. The van der Waals surface area contributed by atoms with E-state index in [2.05, 4.69) is 25.3 Å². The molecule has 1 atom stereocenters. The molecule has 4 heterocycles. The number of urea groups is 1. The lowest BCUT2D eigenvalue weighted by Gasteiger charge is -2.32. The summed E-state index contributed by atoms with van der Waals surface area (Å²) in [4.78, 5) is 25.4. The van der Waals surface area contributed by atoms with Gasteiger partial charge in [0, 0.05) is 31.4 Å². The Morgan fingerprint density at radius 1 is 1.31 bits per heavy atom. The first-order valence-electron chi connectivity index (χ1n) is 8.87. The third-order valence-corrected chi connectivity index (χ3v) is 4.71. The Balaban J connectivity index is 1.44. The Labute approximate surface area is 151 Å². The molecule has 0 bridgehead atoms. The van der Waals surface area contributed by atoms with Gasteiger partial charge < -0.3 is 19.1 Å². The SMILES string of the molecule is Cc1conc1NC(=O)N1CCO[C@@H](c2ccnc(N3CCCC3)n2)C1. The van der Waals surface area contributed by atoms with Crippen molar-refractivity contribution in [2.45, 2.75) is 25.9 Å². The van der Waals surface area contributed by atoms with E-state index in [0.717, 1.165) is 30.3 Å². The molecule has 26 heavy (non-hydrogen) atoms. The van der Waals surface area contributed by atoms with Crippen LogP contribution < -0.4 is 10.2 Å². The van der Waals surface area contributed by atoms with E-state index in [0.29, 0.717) is 25.5 Å². The fourth-order valence-electron chi connectivity index (χ4n) is 3.21. The summed E-state index contributed by atoms with van der Waals surface area (Å²) in [6.07, 6.45) is 5.33. The number of rotatable bonds is 3. The smallest absolute Gasteiger partial charge is 0.323 e. The van der Waals surface area contributed by atoms with Gasteiger partial charge in [-0.25, -0.2) is 14.8 Å². The maximum atomic E-state index is 12.5. The summed E-state index contributed by atoms with van der Waals surface area (Å²) in [5.41, 5.74) is 1.59. The lowest BCUT2D eigenvalue weighted by atomic mass is 10.2. The van der Waals surface area contributed by atoms with Crippen LogP contribution in [0.25, 0.3) is 0 Å². The van der Waals surface area contributed by atoms with Gasteiger partial charge in [0.1, 0.15) is 12.4 Å². The van der Waals surface area contributed by atoms with Gasteiger partial charge >= 0.3 is 6.03 Å². The first kappa shape index (κ1) is 16.8. The Morgan fingerprint density at radius 2 is 2.15 bits per heavy atom. The lowest BCUT2D eigenvalue weighted by Crippen LogP contribution is -2.44. The lowest BCUT2D eigenvalue weighted by molar-refractivity contribution is -0.0157. The number of nitrogens with one attached hydrogen (secondary N) is 1. The van der Waals surface area contributed by atoms with Crippen LogP contribution in [0.5, 0.6) is 0 Å². The summed E-state index contributed by atoms with van der Waals surface area (Å²) in [5, 5.41) is 6.57. The first-order valence-corrected chi connectivity index (χ1v) is 8.87. The summed E-state index contributed by atoms with van der Waals surface area (Å²) in [5.74, 6) is 1.18. The van der Waals surface area contributed by atoms with Crippen molar-refractivity contribution in [2.24, 2.45) is 0 Å². The number of carbonyl (C=O) groups excluding carboxylic acids is 1. The molecule has 2 aliphatic rings. The van der Waals surface area contributed by atoms with E-state index in [1.165, 1.54) is 19.1 Å². The van der Waals surface area contributed by atoms with E-state index >= 15 is 0 Å². The third-order valence-electron chi connectivity index (χ3n) is 4.71. The summed E-state index contributed by atoms with van der Waals surface area (Å²) in [6, 6.07) is 1.64. The average molecular weight is 358 g/mol. The van der Waals surface area contributed by atoms with Crippen LogP contribution in [-0.2, 0) is 4.74 Å². The minimum Gasteiger partial charge on any atom is -0.368 e. The normalized spacial score (nSPS) is 20.4. The van der Waals surface area contributed by atoms with Crippen molar-refractivity contribution in [1.29, 1.82) is 0 Å².